The molecule has 1 saturated carbocycles. The first-order valence-electron chi connectivity index (χ1n) is 10.8. The van der Waals surface area contributed by atoms with Crippen molar-refractivity contribution >= 4 is 44.0 Å². The maximum Gasteiger partial charge on any atom is 0.410 e. The summed E-state index contributed by atoms with van der Waals surface area (Å²) in [6, 6.07) is 5.83. The van der Waals surface area contributed by atoms with Crippen molar-refractivity contribution in [3.8, 4) is 0 Å². The van der Waals surface area contributed by atoms with E-state index in [1.165, 1.54) is 0 Å². The summed E-state index contributed by atoms with van der Waals surface area (Å²) in [7, 11) is 0. The molecule has 1 N–H and O–H groups in total. The molecule has 1 aromatic carbocycles. The van der Waals surface area contributed by atoms with E-state index in [4.69, 9.17) is 9.72 Å². The molecule has 0 bridgehead atoms. The molecule has 3 aromatic rings. The molecule has 1 saturated heterocycles. The van der Waals surface area contributed by atoms with Crippen LogP contribution in [0.1, 0.15) is 57.8 Å². The molecular formula is C23H27BrN4O3. The summed E-state index contributed by atoms with van der Waals surface area (Å²) in [5.41, 5.74) is 2.27. The van der Waals surface area contributed by atoms with Gasteiger partial charge in [-0.15, -0.1) is 0 Å². The van der Waals surface area contributed by atoms with Gasteiger partial charge in [0.1, 0.15) is 16.9 Å². The molecule has 7 nitrogen and oxygen atoms in total. The van der Waals surface area contributed by atoms with Gasteiger partial charge >= 0.3 is 6.09 Å². The van der Waals surface area contributed by atoms with Gasteiger partial charge in [0.2, 0.25) is 0 Å². The Kier molecular flexibility index (Phi) is 4.97. The number of likely N-dealkylation sites (tertiary alicyclic amines) is 1. The van der Waals surface area contributed by atoms with Gasteiger partial charge in [0.05, 0.1) is 35.9 Å². The fourth-order valence-corrected chi connectivity index (χ4v) is 4.92. The fourth-order valence-electron chi connectivity index (χ4n) is 4.56. The number of benzene rings is 1. The smallest absolute Gasteiger partial charge is 0.410 e. The summed E-state index contributed by atoms with van der Waals surface area (Å²) in [4.78, 5) is 24.1. The van der Waals surface area contributed by atoms with E-state index in [0.29, 0.717) is 18.9 Å². The quantitative estimate of drug-likeness (QED) is 0.576. The predicted molar refractivity (Wildman–Crippen MR) is 122 cm³/mol. The molecule has 3 heterocycles. The van der Waals surface area contributed by atoms with Crippen molar-refractivity contribution in [3.63, 3.8) is 0 Å². The number of pyridine rings is 1. The molecule has 1 aliphatic heterocycles. The number of ether oxygens (including phenoxy) is 1. The number of aromatic nitrogens is 3. The maximum atomic E-state index is 12.8. The van der Waals surface area contributed by atoms with Gasteiger partial charge < -0.3 is 19.3 Å². The zero-order valence-electron chi connectivity index (χ0n) is 18.0. The second-order valence-corrected chi connectivity index (χ2v) is 10.5. The van der Waals surface area contributed by atoms with Crippen LogP contribution in [0.5, 0.6) is 0 Å². The number of halogens is 1. The van der Waals surface area contributed by atoms with Crippen LogP contribution in [0.4, 0.5) is 4.79 Å². The van der Waals surface area contributed by atoms with Crippen molar-refractivity contribution in [1.82, 2.24) is 19.4 Å². The highest BCUT2D eigenvalue weighted by Crippen LogP contribution is 2.44. The number of rotatable bonds is 3. The number of fused-ring (bicyclic) bond motifs is 3. The third-order valence-corrected chi connectivity index (χ3v) is 6.54. The number of nitrogens with zero attached hydrogens (tertiary/aromatic N) is 4. The Labute approximate surface area is 189 Å². The first-order chi connectivity index (χ1) is 14.7. The Balaban J connectivity index is 1.61. The molecule has 2 aromatic heterocycles. The number of carbonyl (C=O) groups excluding carboxylic acids is 1. The lowest BCUT2D eigenvalue weighted by atomic mass is 10.1. The van der Waals surface area contributed by atoms with Crippen LogP contribution in [0.15, 0.2) is 28.9 Å². The van der Waals surface area contributed by atoms with Crippen LogP contribution in [0.2, 0.25) is 0 Å². The lowest BCUT2D eigenvalue weighted by Gasteiger charge is -2.27. The van der Waals surface area contributed by atoms with Crippen LogP contribution in [0.3, 0.4) is 0 Å². The zero-order chi connectivity index (χ0) is 21.9. The third kappa shape index (κ3) is 3.80. The Morgan fingerprint density at radius 3 is 2.74 bits per heavy atom. The fraction of sp³-hybridized carbons (Fsp3) is 0.522. The molecule has 5 rings (SSSR count). The van der Waals surface area contributed by atoms with Crippen molar-refractivity contribution in [2.75, 3.05) is 13.2 Å². The lowest BCUT2D eigenvalue weighted by Crippen LogP contribution is -2.41. The molecule has 31 heavy (non-hydrogen) atoms. The van der Waals surface area contributed by atoms with Crippen molar-refractivity contribution in [3.05, 3.63) is 34.7 Å². The monoisotopic (exact) mass is 486 g/mol. The predicted octanol–water partition coefficient (Wildman–Crippen LogP) is 4.77. The summed E-state index contributed by atoms with van der Waals surface area (Å²) in [6.07, 6.45) is 4.39. The second-order valence-electron chi connectivity index (χ2n) is 9.63. The van der Waals surface area contributed by atoms with Crippen LogP contribution in [-0.4, -0.2) is 55.4 Å². The van der Waals surface area contributed by atoms with Crippen LogP contribution in [-0.2, 0) is 4.74 Å². The molecule has 2 atom stereocenters. The number of amides is 1. The molecule has 2 aliphatic rings. The van der Waals surface area contributed by atoms with Crippen molar-refractivity contribution in [2.24, 2.45) is 0 Å². The number of aliphatic hydroxyl groups excluding tert-OH is 1. The average molecular weight is 487 g/mol. The molecule has 8 heteroatoms. The molecular weight excluding hydrogens is 460 g/mol. The number of imidazole rings is 1. The highest BCUT2D eigenvalue weighted by Gasteiger charge is 2.41. The van der Waals surface area contributed by atoms with Crippen LogP contribution < -0.4 is 0 Å². The van der Waals surface area contributed by atoms with Crippen molar-refractivity contribution in [2.45, 2.75) is 63.6 Å². The minimum absolute atomic E-state index is 0.0230. The van der Waals surface area contributed by atoms with Gasteiger partial charge in [0.25, 0.3) is 0 Å². The van der Waals surface area contributed by atoms with Gasteiger partial charge in [-0.25, -0.2) is 9.78 Å². The molecule has 1 amide bonds. The van der Waals surface area contributed by atoms with Crippen LogP contribution >= 0.6 is 15.9 Å². The molecule has 2 fully saturated rings. The average Bonchev–Trinajstić information content (AvgIpc) is 3.33. The summed E-state index contributed by atoms with van der Waals surface area (Å²) in [5, 5.41) is 11.1. The van der Waals surface area contributed by atoms with Crippen molar-refractivity contribution in [1.29, 1.82) is 0 Å². The molecule has 0 spiro atoms. The number of hydrogen-bond acceptors (Lipinski definition) is 5. The topological polar surface area (TPSA) is 80.5 Å². The second kappa shape index (κ2) is 7.45. The first-order valence-corrected chi connectivity index (χ1v) is 11.6. The number of carbonyl (C=O) groups is 1. The Hall–Kier alpha value is -2.19. The van der Waals surface area contributed by atoms with Gasteiger partial charge in [-0.3, -0.25) is 4.98 Å². The maximum absolute atomic E-state index is 12.8. The van der Waals surface area contributed by atoms with E-state index in [1.54, 1.807) is 4.90 Å². The van der Waals surface area contributed by atoms with E-state index in [0.717, 1.165) is 45.1 Å². The Bertz CT molecular complexity index is 1170. The summed E-state index contributed by atoms with van der Waals surface area (Å²) in [6.45, 7) is 5.98. The van der Waals surface area contributed by atoms with Crippen LogP contribution in [0, 0.1) is 0 Å². The highest BCUT2D eigenvalue weighted by atomic mass is 79.9. The minimum atomic E-state index is -0.579. The van der Waals surface area contributed by atoms with Gasteiger partial charge in [0, 0.05) is 22.3 Å². The largest absolute Gasteiger partial charge is 0.444 e. The van der Waals surface area contributed by atoms with Gasteiger partial charge in [-0.2, -0.15) is 0 Å². The Morgan fingerprint density at radius 2 is 2.06 bits per heavy atom. The lowest BCUT2D eigenvalue weighted by molar-refractivity contribution is 0.0173. The van der Waals surface area contributed by atoms with Crippen molar-refractivity contribution < 1.29 is 14.6 Å². The van der Waals surface area contributed by atoms with Gasteiger partial charge in [-0.1, -0.05) is 15.9 Å². The highest BCUT2D eigenvalue weighted by molar-refractivity contribution is 9.10. The Morgan fingerprint density at radius 1 is 1.29 bits per heavy atom. The third-order valence-electron chi connectivity index (χ3n) is 6.04. The first kappa shape index (κ1) is 20.7. The van der Waals surface area contributed by atoms with E-state index in [1.807, 2.05) is 39.1 Å². The summed E-state index contributed by atoms with van der Waals surface area (Å²) >= 11 is 3.59. The van der Waals surface area contributed by atoms with Gasteiger partial charge in [0.15, 0.2) is 0 Å². The molecule has 1 aliphatic carbocycles. The van der Waals surface area contributed by atoms with E-state index < -0.39 is 5.60 Å². The van der Waals surface area contributed by atoms with E-state index in [2.05, 4.69) is 31.5 Å². The van der Waals surface area contributed by atoms with Gasteiger partial charge in [-0.05, 0) is 58.2 Å². The van der Waals surface area contributed by atoms with Crippen LogP contribution in [0.25, 0.3) is 21.9 Å². The normalized spacial score (nSPS) is 21.9. The molecule has 0 radical (unpaired) electrons. The SMILES string of the molecule is CC(C)(C)OC(=O)N1C[C@H](n2c(C3CC3)nc3cnc4ccc(Br)cc4c32)C[C@@H]1CO. The number of aliphatic hydroxyl groups is 1. The zero-order valence-corrected chi connectivity index (χ0v) is 19.6. The molecule has 164 valence electrons. The van der Waals surface area contributed by atoms with E-state index in [9.17, 15) is 9.90 Å². The van der Waals surface area contributed by atoms with E-state index in [-0.39, 0.29) is 24.8 Å². The standard InChI is InChI=1S/C23H27BrN4O3/c1-23(2,3)31-22(30)27-11-15(9-16(27)12-29)28-20-17-8-14(24)6-7-18(17)25-10-19(20)26-21(28)13-4-5-13/h6-8,10,13,15-16,29H,4-5,9,11-12H2,1-3H3/t15-,16-/m1/s1. The minimum Gasteiger partial charge on any atom is -0.444 e. The molecule has 0 unspecified atom stereocenters. The number of hydrogen-bond donors (Lipinski definition) is 1. The van der Waals surface area contributed by atoms with E-state index >= 15 is 0 Å². The summed E-state index contributed by atoms with van der Waals surface area (Å²) < 4.78 is 8.92. The summed E-state index contributed by atoms with van der Waals surface area (Å²) in [5.74, 6) is 1.51.